The van der Waals surface area contributed by atoms with Gasteiger partial charge in [0.15, 0.2) is 0 Å². The molecule has 0 saturated carbocycles. The molecule has 0 spiro atoms. The summed E-state index contributed by atoms with van der Waals surface area (Å²) >= 11 is 1.97. The highest BCUT2D eigenvalue weighted by molar-refractivity contribution is 7.32. The van der Waals surface area contributed by atoms with Crippen LogP contribution in [-0.2, 0) is 21.7 Å². The summed E-state index contributed by atoms with van der Waals surface area (Å²) in [5.41, 5.74) is 22.1. The number of furan rings is 2. The van der Waals surface area contributed by atoms with Crippen molar-refractivity contribution in [3.8, 4) is 16.8 Å². The molecule has 0 bridgehead atoms. The summed E-state index contributed by atoms with van der Waals surface area (Å²) in [6.45, 7) is 23.6. The van der Waals surface area contributed by atoms with E-state index in [1.807, 2.05) is 11.3 Å². The topological polar surface area (TPSA) is 37.7 Å². The van der Waals surface area contributed by atoms with Crippen molar-refractivity contribution < 1.29 is 8.83 Å². The maximum atomic E-state index is 7.43. The number of benzene rings is 9. The number of nitrogens with zero attached hydrogens (tertiary/aromatic N) is 3. The molecule has 0 fully saturated rings. The van der Waals surface area contributed by atoms with Crippen molar-refractivity contribution in [3.63, 3.8) is 0 Å². The SMILES string of the molecule is CC(C)(C)c1ccc(N2B3c4sc5ccc(C(C)(C)C)cc5c4-n4c5cc6c(cc5c5c7oc8ccccc8c7c(c3c54)-c3cc4oc5ccc(N(c7ccccc7)c7ccccc7)cc5c4cc32)C(C)(C)CCC6(C)C)cc1. The van der Waals surface area contributed by atoms with Crippen LogP contribution < -0.4 is 20.0 Å². The van der Waals surface area contributed by atoms with Crippen molar-refractivity contribution in [3.05, 3.63) is 192 Å². The van der Waals surface area contributed by atoms with Gasteiger partial charge in [-0.1, -0.05) is 142 Å². The van der Waals surface area contributed by atoms with E-state index in [0.29, 0.717) is 0 Å². The molecule has 4 aromatic heterocycles. The number of thiophene rings is 1. The van der Waals surface area contributed by atoms with Crippen LogP contribution in [0.25, 0.3) is 92.6 Å². The van der Waals surface area contributed by atoms with Crippen molar-refractivity contribution in [2.24, 2.45) is 0 Å². The van der Waals surface area contributed by atoms with Crippen molar-refractivity contribution >= 4 is 133 Å². The van der Waals surface area contributed by atoms with Crippen LogP contribution in [0.1, 0.15) is 104 Å². The fourth-order valence-corrected chi connectivity index (χ4v) is 15.5. The predicted molar refractivity (Wildman–Crippen MR) is 337 cm³/mol. The van der Waals surface area contributed by atoms with Gasteiger partial charge in [0.25, 0.3) is 0 Å². The third kappa shape index (κ3) is 6.57. The highest BCUT2D eigenvalue weighted by Gasteiger charge is 2.49. The zero-order valence-electron chi connectivity index (χ0n) is 46.7. The molecule has 9 aromatic carbocycles. The Morgan fingerprint density at radius 2 is 1.16 bits per heavy atom. The van der Waals surface area contributed by atoms with E-state index in [4.69, 9.17) is 8.83 Å². The van der Waals surface area contributed by atoms with Gasteiger partial charge < -0.3 is 23.1 Å². The van der Waals surface area contributed by atoms with Gasteiger partial charge in [0.2, 0.25) is 0 Å². The Kier molecular flexibility index (Phi) is 9.44. The van der Waals surface area contributed by atoms with E-state index in [9.17, 15) is 0 Å². The number of hydrogen-bond donors (Lipinski definition) is 0. The highest BCUT2D eigenvalue weighted by Crippen LogP contribution is 2.56. The van der Waals surface area contributed by atoms with Crippen LogP contribution in [0.5, 0.6) is 0 Å². The average Bonchev–Trinajstić information content (AvgIpc) is 2.70. The lowest BCUT2D eigenvalue weighted by Gasteiger charge is -2.42. The first kappa shape index (κ1) is 47.0. The largest absolute Gasteiger partial charge is 0.456 e. The molecule has 0 N–H and O–H groups in total. The molecule has 1 aliphatic carbocycles. The van der Waals surface area contributed by atoms with Crippen molar-refractivity contribution in [1.82, 2.24) is 4.57 Å². The molecule has 386 valence electrons. The number of hydrogen-bond acceptors (Lipinski definition) is 5. The molecule has 3 aliphatic rings. The normalized spacial score (nSPS) is 15.5. The minimum absolute atomic E-state index is 0.00822. The van der Waals surface area contributed by atoms with Gasteiger partial charge in [-0.05, 0) is 165 Å². The zero-order chi connectivity index (χ0) is 53.8. The Labute approximate surface area is 465 Å². The van der Waals surface area contributed by atoms with Crippen LogP contribution >= 0.6 is 11.3 Å². The van der Waals surface area contributed by atoms with Gasteiger partial charge in [-0.3, -0.25) is 0 Å². The number of fused-ring (bicyclic) bond motifs is 19. The third-order valence-electron chi connectivity index (χ3n) is 18.5. The Balaban J connectivity index is 1.09. The second-order valence-electron chi connectivity index (χ2n) is 26.3. The monoisotopic (exact) mass is 1040 g/mol. The van der Waals surface area contributed by atoms with Gasteiger partial charge in [-0.25, -0.2) is 0 Å². The summed E-state index contributed by atoms with van der Waals surface area (Å²) < 4.78 is 19.9. The maximum absolute atomic E-state index is 7.43. The molecule has 6 heterocycles. The summed E-state index contributed by atoms with van der Waals surface area (Å²) in [5, 5.41) is 8.23. The van der Waals surface area contributed by atoms with E-state index >= 15 is 0 Å². The molecular weight excluding hydrogens is 982 g/mol. The van der Waals surface area contributed by atoms with Crippen LogP contribution in [0.15, 0.2) is 179 Å². The number of aromatic nitrogens is 1. The molecule has 0 amide bonds. The lowest BCUT2D eigenvalue weighted by molar-refractivity contribution is 0.332. The maximum Gasteiger partial charge on any atom is 0.343 e. The van der Waals surface area contributed by atoms with Crippen LogP contribution in [0.4, 0.5) is 28.4 Å². The smallest absolute Gasteiger partial charge is 0.343 e. The van der Waals surface area contributed by atoms with Gasteiger partial charge in [-0.2, -0.15) is 0 Å². The van der Waals surface area contributed by atoms with Gasteiger partial charge in [0.1, 0.15) is 22.3 Å². The molecule has 0 unspecified atom stereocenters. The molecule has 79 heavy (non-hydrogen) atoms. The summed E-state index contributed by atoms with van der Waals surface area (Å²) in [4.78, 5) is 5.05. The first-order valence-corrected chi connectivity index (χ1v) is 29.1. The minimum atomic E-state index is -0.189. The van der Waals surface area contributed by atoms with Gasteiger partial charge in [-0.15, -0.1) is 11.3 Å². The molecule has 0 saturated heterocycles. The second kappa shape index (κ2) is 15.9. The Bertz CT molecular complexity index is 4710. The fourth-order valence-electron chi connectivity index (χ4n) is 14.2. The molecule has 13 aromatic rings. The summed E-state index contributed by atoms with van der Waals surface area (Å²) in [5.74, 6) is 0. The van der Waals surface area contributed by atoms with E-state index in [2.05, 4.69) is 253 Å². The van der Waals surface area contributed by atoms with Crippen molar-refractivity contribution in [2.45, 2.75) is 104 Å². The van der Waals surface area contributed by atoms with Crippen molar-refractivity contribution in [1.29, 1.82) is 0 Å². The van der Waals surface area contributed by atoms with E-state index in [1.165, 1.54) is 81.0 Å². The first-order chi connectivity index (χ1) is 37.9. The molecule has 16 rings (SSSR count). The zero-order valence-corrected chi connectivity index (χ0v) is 47.5. The Hall–Kier alpha value is -8.00. The number of rotatable bonds is 4. The quantitative estimate of drug-likeness (QED) is 0.165. The van der Waals surface area contributed by atoms with Gasteiger partial charge in [0, 0.05) is 75.8 Å². The average molecular weight is 1040 g/mol. The number of anilines is 5. The predicted octanol–water partition coefficient (Wildman–Crippen LogP) is 19.4. The summed E-state index contributed by atoms with van der Waals surface area (Å²) in [7, 11) is 0. The van der Waals surface area contributed by atoms with E-state index in [-0.39, 0.29) is 28.5 Å². The number of para-hydroxylation sites is 3. The minimum Gasteiger partial charge on any atom is -0.456 e. The fraction of sp³-hybridized carbons (Fsp3) is 0.222. The van der Waals surface area contributed by atoms with E-state index in [0.717, 1.165) is 85.3 Å². The van der Waals surface area contributed by atoms with Crippen LogP contribution in [0.2, 0.25) is 0 Å². The summed E-state index contributed by atoms with van der Waals surface area (Å²) in [6.07, 6.45) is 2.28. The van der Waals surface area contributed by atoms with Crippen molar-refractivity contribution in [2.75, 3.05) is 9.71 Å². The standard InChI is InChI=1S/C72H62BN3O2S/c1-69(2,3)41-25-28-45(29-26-41)76-56-38-49-48-36-46(74(43-19-13-11-14-20-43)44-21-15-12-16-22-44)30-31-58(48)77-59(49)39-51(56)61-62-47-23-17-18-24-57(47)78-67(62)63-50-37-53-54(72(9,10)34-33-71(53,7)8)40-55(50)75-65-52-35-42(70(4,5)6)27-32-60(52)79-68(65)73(76)64(61)66(63)75/h11-32,35-40H,33-34H2,1-10H3. The highest BCUT2D eigenvalue weighted by atomic mass is 32.1. The molecular formula is C72H62BN3O2S. The van der Waals surface area contributed by atoms with E-state index < -0.39 is 0 Å². The van der Waals surface area contributed by atoms with Crippen LogP contribution in [0.3, 0.4) is 0 Å². The molecule has 7 heteroatoms. The van der Waals surface area contributed by atoms with E-state index in [1.54, 1.807) is 0 Å². The third-order valence-corrected chi connectivity index (χ3v) is 19.7. The first-order valence-electron chi connectivity index (χ1n) is 28.3. The van der Waals surface area contributed by atoms with Crippen LogP contribution in [0, 0.1) is 0 Å². The lowest BCUT2D eigenvalue weighted by atomic mass is 9.47. The molecule has 0 atom stereocenters. The van der Waals surface area contributed by atoms with Crippen LogP contribution in [-0.4, -0.2) is 11.4 Å². The Morgan fingerprint density at radius 3 is 1.86 bits per heavy atom. The second-order valence-corrected chi connectivity index (χ2v) is 27.4. The molecule has 0 radical (unpaired) electrons. The molecule has 5 nitrogen and oxygen atoms in total. The van der Waals surface area contributed by atoms with Gasteiger partial charge in [0.05, 0.1) is 22.1 Å². The van der Waals surface area contributed by atoms with Gasteiger partial charge >= 0.3 is 6.85 Å². The molecule has 2 aliphatic heterocycles. The Morgan fingerprint density at radius 1 is 0.532 bits per heavy atom. The lowest BCUT2D eigenvalue weighted by Crippen LogP contribution is -2.59. The summed E-state index contributed by atoms with van der Waals surface area (Å²) in [6, 6.07) is 63.6.